The number of amides is 1. The van der Waals surface area contributed by atoms with E-state index in [1.54, 1.807) is 24.3 Å². The highest BCUT2D eigenvalue weighted by molar-refractivity contribution is 7.92. The first-order valence-corrected chi connectivity index (χ1v) is 10.7. The summed E-state index contributed by atoms with van der Waals surface area (Å²) < 4.78 is 33.3. The van der Waals surface area contributed by atoms with E-state index in [-0.39, 0.29) is 28.2 Å². The summed E-state index contributed by atoms with van der Waals surface area (Å²) in [4.78, 5) is 15.7. The Morgan fingerprint density at radius 2 is 1.93 bits per heavy atom. The molecule has 2 N–H and O–H groups in total. The summed E-state index contributed by atoms with van der Waals surface area (Å²) in [5.41, 5.74) is 2.15. The third-order valence-corrected chi connectivity index (χ3v) is 6.26. The molecule has 8 nitrogen and oxygen atoms in total. The monoisotopic (exact) mass is 432 g/mol. The lowest BCUT2D eigenvalue weighted by molar-refractivity contribution is -0.115. The molecule has 0 aliphatic carbocycles. The molecule has 0 bridgehead atoms. The Morgan fingerprint density at radius 1 is 1.21 bits per heavy atom. The van der Waals surface area contributed by atoms with Gasteiger partial charge in [0.15, 0.2) is 5.82 Å². The predicted octanol–water partition coefficient (Wildman–Crippen LogP) is 3.81. The van der Waals surface area contributed by atoms with Gasteiger partial charge in [0.05, 0.1) is 11.4 Å². The van der Waals surface area contributed by atoms with Gasteiger partial charge in [-0.3, -0.25) is 9.52 Å². The highest BCUT2D eigenvalue weighted by Crippen LogP contribution is 2.33. The van der Waals surface area contributed by atoms with Crippen molar-refractivity contribution in [3.63, 3.8) is 0 Å². The summed E-state index contributed by atoms with van der Waals surface area (Å²) in [7, 11) is -3.94. The lowest BCUT2D eigenvalue weighted by Crippen LogP contribution is -2.13. The maximum absolute atomic E-state index is 12.8. The summed E-state index contributed by atoms with van der Waals surface area (Å²) in [6, 6.07) is 9.42. The Bertz CT molecular complexity index is 1200. The third-order valence-electron chi connectivity index (χ3n) is 4.41. The van der Waals surface area contributed by atoms with Crippen molar-refractivity contribution in [1.29, 1.82) is 0 Å². The van der Waals surface area contributed by atoms with Crippen LogP contribution in [0.1, 0.15) is 31.2 Å². The molecule has 0 fully saturated rings. The van der Waals surface area contributed by atoms with Crippen molar-refractivity contribution >= 4 is 38.9 Å². The van der Waals surface area contributed by atoms with Gasteiger partial charge in [-0.1, -0.05) is 30.6 Å². The average molecular weight is 433 g/mol. The van der Waals surface area contributed by atoms with Crippen LogP contribution < -0.4 is 10.0 Å². The van der Waals surface area contributed by atoms with Crippen LogP contribution in [0.4, 0.5) is 11.4 Å². The number of sulfonamides is 1. The van der Waals surface area contributed by atoms with Gasteiger partial charge in [0.2, 0.25) is 5.91 Å². The standard InChI is InChI=1S/C19H17ClN4O4S/c1-10(2)18-22-19(28-23-18)11-3-5-13(6-4-11)24-29(26,27)16-7-12-8-17(25)21-15(12)9-14(16)20/h3-7,9-10,24H,8H2,1-2H3,(H,21,25). The zero-order chi connectivity index (χ0) is 20.8. The Hall–Kier alpha value is -2.91. The van der Waals surface area contributed by atoms with Crippen molar-refractivity contribution in [3.8, 4) is 11.5 Å². The van der Waals surface area contributed by atoms with Gasteiger partial charge in [-0.15, -0.1) is 0 Å². The van der Waals surface area contributed by atoms with E-state index < -0.39 is 10.0 Å². The second-order valence-corrected chi connectivity index (χ2v) is 9.02. The molecule has 0 unspecified atom stereocenters. The van der Waals surface area contributed by atoms with Crippen molar-refractivity contribution in [2.45, 2.75) is 31.1 Å². The minimum atomic E-state index is -3.94. The summed E-state index contributed by atoms with van der Waals surface area (Å²) in [5, 5.41) is 6.58. The SMILES string of the molecule is CC(C)c1noc(-c2ccc(NS(=O)(=O)c3cc4c(cc3Cl)NC(=O)C4)cc2)n1. The molecular formula is C19H17ClN4O4S. The lowest BCUT2D eigenvalue weighted by Gasteiger charge is -2.11. The van der Waals surface area contributed by atoms with Crippen LogP contribution in [0.3, 0.4) is 0 Å². The van der Waals surface area contributed by atoms with E-state index in [4.69, 9.17) is 16.1 Å². The van der Waals surface area contributed by atoms with E-state index >= 15 is 0 Å². The first-order valence-electron chi connectivity index (χ1n) is 8.82. The predicted molar refractivity (Wildman–Crippen MR) is 108 cm³/mol. The molecule has 0 saturated carbocycles. The topological polar surface area (TPSA) is 114 Å². The van der Waals surface area contributed by atoms with Gasteiger partial charge in [-0.2, -0.15) is 4.98 Å². The first-order chi connectivity index (χ1) is 13.7. The van der Waals surface area contributed by atoms with Crippen molar-refractivity contribution in [2.24, 2.45) is 0 Å². The summed E-state index contributed by atoms with van der Waals surface area (Å²) in [6.45, 7) is 3.92. The average Bonchev–Trinajstić information content (AvgIpc) is 3.27. The van der Waals surface area contributed by atoms with Gasteiger partial charge in [-0.25, -0.2) is 8.42 Å². The zero-order valence-electron chi connectivity index (χ0n) is 15.6. The van der Waals surface area contributed by atoms with Crippen LogP contribution in [0.2, 0.25) is 5.02 Å². The number of hydrogen-bond acceptors (Lipinski definition) is 6. The molecule has 2 aromatic carbocycles. The third kappa shape index (κ3) is 3.83. The highest BCUT2D eigenvalue weighted by Gasteiger charge is 2.25. The van der Waals surface area contributed by atoms with E-state index in [9.17, 15) is 13.2 Å². The molecule has 1 amide bonds. The number of nitrogens with zero attached hydrogens (tertiary/aromatic N) is 2. The number of nitrogens with one attached hydrogen (secondary N) is 2. The normalized spacial score (nSPS) is 13.4. The van der Waals surface area contributed by atoms with Crippen LogP contribution in [0.25, 0.3) is 11.5 Å². The molecule has 1 aromatic heterocycles. The summed E-state index contributed by atoms with van der Waals surface area (Å²) >= 11 is 6.14. The molecule has 4 rings (SSSR count). The van der Waals surface area contributed by atoms with E-state index in [0.717, 1.165) is 0 Å². The molecule has 3 aromatic rings. The molecule has 0 spiro atoms. The molecule has 150 valence electrons. The van der Waals surface area contributed by atoms with Gasteiger partial charge in [-0.05, 0) is 42.0 Å². The first kappa shape index (κ1) is 19.4. The number of hydrogen-bond donors (Lipinski definition) is 2. The zero-order valence-corrected chi connectivity index (χ0v) is 17.1. The number of fused-ring (bicyclic) bond motifs is 1. The van der Waals surface area contributed by atoms with Crippen LogP contribution >= 0.6 is 11.6 Å². The van der Waals surface area contributed by atoms with Crippen LogP contribution in [0, 0.1) is 0 Å². The minimum Gasteiger partial charge on any atom is -0.334 e. The Labute approximate surface area is 172 Å². The fraction of sp³-hybridized carbons (Fsp3) is 0.211. The fourth-order valence-electron chi connectivity index (χ4n) is 2.91. The largest absolute Gasteiger partial charge is 0.334 e. The Kier molecular flexibility index (Phi) is 4.79. The molecule has 2 heterocycles. The molecule has 0 radical (unpaired) electrons. The quantitative estimate of drug-likeness (QED) is 0.633. The molecular weight excluding hydrogens is 416 g/mol. The number of carbonyl (C=O) groups excluding carboxylic acids is 1. The number of aromatic nitrogens is 2. The van der Waals surface area contributed by atoms with Gasteiger partial charge in [0.1, 0.15) is 4.90 Å². The highest BCUT2D eigenvalue weighted by atomic mass is 35.5. The summed E-state index contributed by atoms with van der Waals surface area (Å²) in [6.07, 6.45) is 0.117. The number of halogens is 1. The van der Waals surface area contributed by atoms with Crippen LogP contribution in [0.5, 0.6) is 0 Å². The van der Waals surface area contributed by atoms with Gasteiger partial charge >= 0.3 is 0 Å². The van der Waals surface area contributed by atoms with Crippen molar-refractivity contribution in [2.75, 3.05) is 10.0 Å². The van der Waals surface area contributed by atoms with Crippen LogP contribution in [-0.2, 0) is 21.2 Å². The molecule has 0 atom stereocenters. The molecule has 29 heavy (non-hydrogen) atoms. The van der Waals surface area contributed by atoms with E-state index in [1.807, 2.05) is 13.8 Å². The fourth-order valence-corrected chi connectivity index (χ4v) is 4.55. The summed E-state index contributed by atoms with van der Waals surface area (Å²) in [5.74, 6) is 0.905. The van der Waals surface area contributed by atoms with E-state index in [1.165, 1.54) is 12.1 Å². The Morgan fingerprint density at radius 3 is 2.59 bits per heavy atom. The van der Waals surface area contributed by atoms with Crippen molar-refractivity contribution < 1.29 is 17.7 Å². The molecule has 10 heteroatoms. The number of carbonyl (C=O) groups is 1. The number of rotatable bonds is 5. The van der Waals surface area contributed by atoms with Gasteiger partial charge < -0.3 is 9.84 Å². The van der Waals surface area contributed by atoms with Crippen LogP contribution in [0.15, 0.2) is 45.8 Å². The maximum Gasteiger partial charge on any atom is 0.263 e. The molecule has 1 aliphatic rings. The van der Waals surface area contributed by atoms with E-state index in [0.29, 0.717) is 34.2 Å². The van der Waals surface area contributed by atoms with Gasteiger partial charge in [0, 0.05) is 22.9 Å². The number of anilines is 2. The van der Waals surface area contributed by atoms with E-state index in [2.05, 4.69) is 20.2 Å². The number of benzene rings is 2. The second kappa shape index (κ2) is 7.16. The lowest BCUT2D eigenvalue weighted by atomic mass is 10.2. The maximum atomic E-state index is 12.8. The Balaban J connectivity index is 1.57. The van der Waals surface area contributed by atoms with Crippen LogP contribution in [-0.4, -0.2) is 24.5 Å². The van der Waals surface area contributed by atoms with Crippen molar-refractivity contribution in [1.82, 2.24) is 10.1 Å². The van der Waals surface area contributed by atoms with Gasteiger partial charge in [0.25, 0.3) is 15.9 Å². The molecule has 0 saturated heterocycles. The molecule has 1 aliphatic heterocycles. The minimum absolute atomic E-state index is 0.0298. The van der Waals surface area contributed by atoms with Crippen molar-refractivity contribution in [3.05, 3.63) is 52.8 Å². The second-order valence-electron chi connectivity index (χ2n) is 6.96. The smallest absolute Gasteiger partial charge is 0.263 e.